The van der Waals surface area contributed by atoms with E-state index in [9.17, 15) is 10.1 Å². The van der Waals surface area contributed by atoms with Crippen molar-refractivity contribution in [3.63, 3.8) is 0 Å². The number of halogens is 1. The van der Waals surface area contributed by atoms with Gasteiger partial charge in [-0.15, -0.1) is 0 Å². The summed E-state index contributed by atoms with van der Waals surface area (Å²) in [6.07, 6.45) is 2.08. The quantitative estimate of drug-likeness (QED) is 0.642. The number of methoxy groups -OCH3 is 1. The molecule has 3 rings (SSSR count). The second-order valence-corrected chi connectivity index (χ2v) is 6.58. The van der Waals surface area contributed by atoms with Crippen LogP contribution in [0.4, 0.5) is 5.69 Å². The minimum Gasteiger partial charge on any atom is -0.496 e. The Bertz CT molecular complexity index is 567. The van der Waals surface area contributed by atoms with Gasteiger partial charge in [0, 0.05) is 24.1 Å². The molecular weight excluding hydrogens is 338 g/mol. The molecule has 2 fully saturated rings. The highest BCUT2D eigenvalue weighted by Crippen LogP contribution is 2.49. The summed E-state index contributed by atoms with van der Waals surface area (Å²) in [6.45, 7) is 2.77. The van der Waals surface area contributed by atoms with Crippen LogP contribution in [0.3, 0.4) is 0 Å². The summed E-state index contributed by atoms with van der Waals surface area (Å²) in [5.74, 6) is 0.630. The second kappa shape index (κ2) is 5.55. The highest BCUT2D eigenvalue weighted by atomic mass is 79.9. The number of benzene rings is 1. The van der Waals surface area contributed by atoms with Crippen molar-refractivity contribution >= 4 is 21.6 Å². The first-order valence-corrected chi connectivity index (χ1v) is 7.83. The highest BCUT2D eigenvalue weighted by molar-refractivity contribution is 9.10. The Labute approximate surface area is 131 Å². The van der Waals surface area contributed by atoms with Crippen LogP contribution in [-0.2, 0) is 0 Å². The lowest BCUT2D eigenvalue weighted by atomic mass is 9.76. The molecule has 2 aliphatic heterocycles. The summed E-state index contributed by atoms with van der Waals surface area (Å²) < 4.78 is 5.93. The van der Waals surface area contributed by atoms with Crippen molar-refractivity contribution in [2.75, 3.05) is 26.7 Å². The van der Waals surface area contributed by atoms with Crippen LogP contribution >= 0.6 is 15.9 Å². The Hall–Kier alpha value is -1.18. The van der Waals surface area contributed by atoms with Gasteiger partial charge in [-0.25, -0.2) is 0 Å². The van der Waals surface area contributed by atoms with Crippen LogP contribution in [-0.4, -0.2) is 31.7 Å². The minimum absolute atomic E-state index is 0.00472. The molecule has 114 valence electrons. The smallest absolute Gasteiger partial charge is 0.275 e. The van der Waals surface area contributed by atoms with Crippen molar-refractivity contribution in [3.8, 4) is 5.75 Å². The zero-order chi connectivity index (χ0) is 15.0. The van der Waals surface area contributed by atoms with Crippen molar-refractivity contribution < 1.29 is 9.66 Å². The van der Waals surface area contributed by atoms with Crippen LogP contribution in [0.25, 0.3) is 0 Å². The molecule has 2 aliphatic rings. The third kappa shape index (κ3) is 2.43. The Morgan fingerprint density at radius 2 is 2.19 bits per heavy atom. The van der Waals surface area contributed by atoms with Gasteiger partial charge < -0.3 is 15.4 Å². The van der Waals surface area contributed by atoms with Gasteiger partial charge in [0.15, 0.2) is 0 Å². The van der Waals surface area contributed by atoms with E-state index in [1.807, 2.05) is 0 Å². The highest BCUT2D eigenvalue weighted by Gasteiger charge is 2.47. The number of hydrogen-bond donors (Lipinski definition) is 2. The maximum absolute atomic E-state index is 11.4. The summed E-state index contributed by atoms with van der Waals surface area (Å²) in [6, 6.07) is 3.34. The Balaban J connectivity index is 2.09. The maximum atomic E-state index is 11.4. The van der Waals surface area contributed by atoms with Crippen LogP contribution in [0.5, 0.6) is 5.75 Å². The van der Waals surface area contributed by atoms with Gasteiger partial charge in [-0.2, -0.15) is 0 Å². The molecule has 0 bridgehead atoms. The number of ether oxygens (including phenoxy) is 1. The molecule has 0 radical (unpaired) electrons. The Kier molecular flexibility index (Phi) is 3.90. The minimum atomic E-state index is -0.310. The van der Waals surface area contributed by atoms with Gasteiger partial charge in [0.1, 0.15) is 5.75 Å². The third-order valence-corrected chi connectivity index (χ3v) is 5.29. The molecule has 2 saturated heterocycles. The molecule has 21 heavy (non-hydrogen) atoms. The monoisotopic (exact) mass is 355 g/mol. The van der Waals surface area contributed by atoms with E-state index in [1.165, 1.54) is 0 Å². The van der Waals surface area contributed by atoms with Crippen LogP contribution in [0, 0.1) is 15.5 Å². The normalized spacial score (nSPS) is 28.2. The lowest BCUT2D eigenvalue weighted by molar-refractivity contribution is -0.386. The van der Waals surface area contributed by atoms with Crippen molar-refractivity contribution in [3.05, 3.63) is 32.3 Å². The molecule has 7 heteroatoms. The van der Waals surface area contributed by atoms with Crippen molar-refractivity contribution in [2.45, 2.75) is 18.9 Å². The van der Waals surface area contributed by atoms with Crippen LogP contribution in [0.1, 0.15) is 24.4 Å². The number of rotatable bonds is 3. The van der Waals surface area contributed by atoms with Gasteiger partial charge in [0.05, 0.1) is 22.1 Å². The molecule has 0 aromatic heterocycles. The molecule has 0 aliphatic carbocycles. The molecule has 0 amide bonds. The zero-order valence-corrected chi connectivity index (χ0v) is 13.4. The number of nitrogens with one attached hydrogen (secondary N) is 2. The lowest BCUT2D eigenvalue weighted by Gasteiger charge is -2.30. The van der Waals surface area contributed by atoms with Crippen molar-refractivity contribution in [2.24, 2.45) is 5.41 Å². The molecule has 2 N–H and O–H groups in total. The van der Waals surface area contributed by atoms with Crippen LogP contribution < -0.4 is 15.4 Å². The fraction of sp³-hybridized carbons (Fsp3) is 0.571. The Morgan fingerprint density at radius 3 is 2.81 bits per heavy atom. The van der Waals surface area contributed by atoms with E-state index < -0.39 is 0 Å². The van der Waals surface area contributed by atoms with E-state index in [0.717, 1.165) is 38.0 Å². The first-order chi connectivity index (χ1) is 10.1. The van der Waals surface area contributed by atoms with E-state index in [1.54, 1.807) is 19.2 Å². The van der Waals surface area contributed by atoms with Gasteiger partial charge in [0.25, 0.3) is 5.69 Å². The zero-order valence-electron chi connectivity index (χ0n) is 11.8. The predicted octanol–water partition coefficient (Wildman–Crippen LogP) is 2.38. The molecule has 1 spiro atoms. The second-order valence-electron chi connectivity index (χ2n) is 5.73. The molecule has 2 unspecified atom stereocenters. The standard InChI is InChI=1S/C14H18BrN3O3/c1-21-12-6-9(11(18(19)20)7-10(12)15)13-14(3-5-17-13)2-4-16-8-14/h6-7,13,16-17H,2-5,8H2,1H3. The maximum Gasteiger partial charge on any atom is 0.275 e. The van der Waals surface area contributed by atoms with Crippen LogP contribution in [0.15, 0.2) is 16.6 Å². The first kappa shape index (κ1) is 14.7. The molecule has 6 nitrogen and oxygen atoms in total. The molecule has 2 atom stereocenters. The topological polar surface area (TPSA) is 76.4 Å². The van der Waals surface area contributed by atoms with Gasteiger partial charge >= 0.3 is 0 Å². The van der Waals surface area contributed by atoms with Gasteiger partial charge in [-0.3, -0.25) is 10.1 Å². The Morgan fingerprint density at radius 1 is 1.43 bits per heavy atom. The van der Waals surface area contributed by atoms with E-state index in [4.69, 9.17) is 4.74 Å². The summed E-state index contributed by atoms with van der Waals surface area (Å²) in [4.78, 5) is 11.1. The SMILES string of the molecule is COc1cc(C2NCCC23CCNC3)c([N+](=O)[O-])cc1Br. The number of hydrogen-bond acceptors (Lipinski definition) is 5. The van der Waals surface area contributed by atoms with E-state index >= 15 is 0 Å². The molecule has 1 aromatic rings. The van der Waals surface area contributed by atoms with E-state index in [2.05, 4.69) is 26.6 Å². The van der Waals surface area contributed by atoms with E-state index in [0.29, 0.717) is 10.2 Å². The molecule has 2 heterocycles. The van der Waals surface area contributed by atoms with Crippen molar-refractivity contribution in [1.29, 1.82) is 0 Å². The third-order valence-electron chi connectivity index (χ3n) is 4.67. The fourth-order valence-electron chi connectivity index (χ4n) is 3.59. The average Bonchev–Trinajstić information content (AvgIpc) is 3.09. The average molecular weight is 356 g/mol. The molecular formula is C14H18BrN3O3. The first-order valence-electron chi connectivity index (χ1n) is 7.03. The fourth-order valence-corrected chi connectivity index (χ4v) is 4.09. The number of nitro benzene ring substituents is 1. The van der Waals surface area contributed by atoms with E-state index in [-0.39, 0.29) is 22.1 Å². The summed E-state index contributed by atoms with van der Waals surface area (Å²) in [7, 11) is 1.57. The van der Waals surface area contributed by atoms with Crippen molar-refractivity contribution in [1.82, 2.24) is 10.6 Å². The largest absolute Gasteiger partial charge is 0.496 e. The summed E-state index contributed by atoms with van der Waals surface area (Å²) in [5.41, 5.74) is 0.943. The molecule has 0 saturated carbocycles. The number of nitro groups is 1. The number of nitrogens with zero attached hydrogens (tertiary/aromatic N) is 1. The van der Waals surface area contributed by atoms with Gasteiger partial charge in [-0.05, 0) is 47.9 Å². The van der Waals surface area contributed by atoms with Crippen LogP contribution in [0.2, 0.25) is 0 Å². The summed E-state index contributed by atoms with van der Waals surface area (Å²) >= 11 is 3.33. The predicted molar refractivity (Wildman–Crippen MR) is 82.6 cm³/mol. The van der Waals surface area contributed by atoms with Gasteiger partial charge in [0.2, 0.25) is 0 Å². The summed E-state index contributed by atoms with van der Waals surface area (Å²) in [5, 5.41) is 18.3. The lowest BCUT2D eigenvalue weighted by Crippen LogP contribution is -2.31. The van der Waals surface area contributed by atoms with Gasteiger partial charge in [-0.1, -0.05) is 0 Å². The molecule has 1 aromatic carbocycles.